The molecule has 0 aromatic rings. The number of hydrogen-bond donors (Lipinski definition) is 1. The van der Waals surface area contributed by atoms with Gasteiger partial charge in [0.05, 0.1) is 0 Å². The van der Waals surface area contributed by atoms with Crippen molar-refractivity contribution in [3.05, 3.63) is 0 Å². The molecule has 7 atom stereocenters. The summed E-state index contributed by atoms with van der Waals surface area (Å²) in [6.07, 6.45) is 12.8. The van der Waals surface area contributed by atoms with Crippen LogP contribution >= 0.6 is 0 Å². The van der Waals surface area contributed by atoms with Crippen LogP contribution in [0.15, 0.2) is 0 Å². The minimum Gasteiger partial charge on any atom is -0.396 e. The molecule has 2 heteroatoms. The largest absolute Gasteiger partial charge is 0.396 e. The Hall–Kier alpha value is -0.370. The number of carbonyl (C=O) groups is 1. The third kappa shape index (κ3) is 1.79. The molecule has 4 fully saturated rings. The van der Waals surface area contributed by atoms with Crippen molar-refractivity contribution in [1.29, 1.82) is 0 Å². The number of aldehydes is 1. The molecule has 0 radical (unpaired) electrons. The third-order valence-corrected chi connectivity index (χ3v) is 8.82. The molecule has 1 N–H and O–H groups in total. The lowest BCUT2D eigenvalue weighted by molar-refractivity contribution is -0.157. The van der Waals surface area contributed by atoms with Gasteiger partial charge >= 0.3 is 0 Å². The zero-order valence-electron chi connectivity index (χ0n) is 14.3. The second-order valence-corrected chi connectivity index (χ2v) is 9.68. The second-order valence-electron chi connectivity index (χ2n) is 9.68. The first-order chi connectivity index (χ1) is 10.5. The van der Waals surface area contributed by atoms with E-state index in [9.17, 15) is 9.90 Å². The standard InChI is InChI=1S/C20H32O2/c1-18(13-22)7-3-8-19(2)16(18)6-9-20-10-14(4-5-17(19)20)15(11-20)12-21/h13-17,21H,3-12H2,1-2H3/t14-,15+,16+,17-,18+,19+,20+/m0/s1. The van der Waals surface area contributed by atoms with Crippen molar-refractivity contribution in [1.82, 2.24) is 0 Å². The molecule has 4 saturated carbocycles. The normalized spacial score (nSPS) is 57.0. The van der Waals surface area contributed by atoms with Crippen molar-refractivity contribution < 1.29 is 9.90 Å². The lowest BCUT2D eigenvalue weighted by Gasteiger charge is -2.63. The van der Waals surface area contributed by atoms with Gasteiger partial charge in [-0.05, 0) is 85.9 Å². The van der Waals surface area contributed by atoms with Gasteiger partial charge in [-0.1, -0.05) is 20.3 Å². The van der Waals surface area contributed by atoms with Crippen molar-refractivity contribution >= 4 is 6.29 Å². The monoisotopic (exact) mass is 304 g/mol. The molecule has 0 aliphatic heterocycles. The average Bonchev–Trinajstić information content (AvgIpc) is 2.77. The lowest BCUT2D eigenvalue weighted by Crippen LogP contribution is -2.56. The Balaban J connectivity index is 1.70. The smallest absolute Gasteiger partial charge is 0.126 e. The number of fused-ring (bicyclic) bond motifs is 3. The Morgan fingerprint density at radius 1 is 1.05 bits per heavy atom. The zero-order valence-corrected chi connectivity index (χ0v) is 14.3. The molecule has 1 spiro atoms. The van der Waals surface area contributed by atoms with Crippen molar-refractivity contribution in [2.75, 3.05) is 6.61 Å². The first-order valence-corrected chi connectivity index (χ1v) is 9.55. The molecule has 0 unspecified atom stereocenters. The molecule has 2 nitrogen and oxygen atoms in total. The van der Waals surface area contributed by atoms with Gasteiger partial charge in [-0.3, -0.25) is 0 Å². The molecule has 4 aliphatic carbocycles. The Morgan fingerprint density at radius 3 is 2.59 bits per heavy atom. The summed E-state index contributed by atoms with van der Waals surface area (Å²) in [6.45, 7) is 5.15. The molecule has 4 rings (SSSR count). The molecule has 22 heavy (non-hydrogen) atoms. The van der Waals surface area contributed by atoms with E-state index in [1.165, 1.54) is 57.7 Å². The second kappa shape index (κ2) is 4.82. The maximum absolute atomic E-state index is 11.9. The SMILES string of the molecule is C[C@@]12CCC[C@](C)(C=O)[C@H]1CC[C@@]13C[C@H](CO)[C@@H](CC[C@H]12)C3. The van der Waals surface area contributed by atoms with E-state index in [2.05, 4.69) is 13.8 Å². The molecule has 0 amide bonds. The summed E-state index contributed by atoms with van der Waals surface area (Å²) < 4.78 is 0. The number of hydrogen-bond acceptors (Lipinski definition) is 2. The molecule has 124 valence electrons. The van der Waals surface area contributed by atoms with Crippen LogP contribution in [0.1, 0.15) is 71.6 Å². The Labute approximate surface area is 135 Å². The maximum Gasteiger partial charge on any atom is 0.126 e. The molecule has 0 aromatic heterocycles. The van der Waals surface area contributed by atoms with Crippen LogP contribution in [0.25, 0.3) is 0 Å². The summed E-state index contributed by atoms with van der Waals surface area (Å²) in [6, 6.07) is 0. The van der Waals surface area contributed by atoms with E-state index in [1.807, 2.05) is 0 Å². The van der Waals surface area contributed by atoms with E-state index in [-0.39, 0.29) is 5.41 Å². The summed E-state index contributed by atoms with van der Waals surface area (Å²) in [5.74, 6) is 2.73. The predicted molar refractivity (Wildman–Crippen MR) is 87.3 cm³/mol. The van der Waals surface area contributed by atoms with Gasteiger partial charge in [0, 0.05) is 12.0 Å². The summed E-state index contributed by atoms with van der Waals surface area (Å²) >= 11 is 0. The highest BCUT2D eigenvalue weighted by Crippen LogP contribution is 2.72. The molecule has 4 aliphatic rings. The molecule has 0 heterocycles. The third-order valence-electron chi connectivity index (χ3n) is 8.82. The fourth-order valence-corrected chi connectivity index (χ4v) is 7.99. The topological polar surface area (TPSA) is 37.3 Å². The van der Waals surface area contributed by atoms with E-state index in [0.29, 0.717) is 29.3 Å². The number of carbonyl (C=O) groups excluding carboxylic acids is 1. The molecular formula is C20H32O2. The average molecular weight is 304 g/mol. The molecule has 0 saturated heterocycles. The van der Waals surface area contributed by atoms with Crippen LogP contribution in [0.5, 0.6) is 0 Å². The van der Waals surface area contributed by atoms with E-state index in [4.69, 9.17) is 0 Å². The zero-order chi connectivity index (χ0) is 15.6. The van der Waals surface area contributed by atoms with Crippen molar-refractivity contribution in [2.24, 2.45) is 39.9 Å². The summed E-state index contributed by atoms with van der Waals surface area (Å²) in [7, 11) is 0. The van der Waals surface area contributed by atoms with E-state index >= 15 is 0 Å². The van der Waals surface area contributed by atoms with E-state index < -0.39 is 0 Å². The van der Waals surface area contributed by atoms with Crippen LogP contribution in [-0.2, 0) is 4.79 Å². The van der Waals surface area contributed by atoms with E-state index in [0.717, 1.165) is 18.3 Å². The predicted octanol–water partition coefficient (Wildman–Crippen LogP) is 4.21. The maximum atomic E-state index is 11.9. The fraction of sp³-hybridized carbons (Fsp3) is 0.950. The quantitative estimate of drug-likeness (QED) is 0.776. The van der Waals surface area contributed by atoms with Crippen molar-refractivity contribution in [2.45, 2.75) is 71.6 Å². The summed E-state index contributed by atoms with van der Waals surface area (Å²) in [5.41, 5.74) is 0.782. The fourth-order valence-electron chi connectivity index (χ4n) is 7.99. The first-order valence-electron chi connectivity index (χ1n) is 9.55. The Kier molecular flexibility index (Phi) is 3.32. The van der Waals surface area contributed by atoms with Gasteiger partial charge in [-0.2, -0.15) is 0 Å². The number of rotatable bonds is 2. The number of aliphatic hydroxyl groups excluding tert-OH is 1. The highest BCUT2D eigenvalue weighted by molar-refractivity contribution is 5.60. The molecular weight excluding hydrogens is 272 g/mol. The van der Waals surface area contributed by atoms with Crippen LogP contribution < -0.4 is 0 Å². The van der Waals surface area contributed by atoms with Gasteiger partial charge in [0.15, 0.2) is 0 Å². The van der Waals surface area contributed by atoms with Crippen LogP contribution in [-0.4, -0.2) is 18.0 Å². The van der Waals surface area contributed by atoms with Crippen LogP contribution in [0.3, 0.4) is 0 Å². The highest BCUT2D eigenvalue weighted by Gasteiger charge is 2.64. The van der Waals surface area contributed by atoms with Crippen LogP contribution in [0.2, 0.25) is 0 Å². The van der Waals surface area contributed by atoms with Crippen LogP contribution in [0.4, 0.5) is 0 Å². The lowest BCUT2D eigenvalue weighted by atomic mass is 9.41. The van der Waals surface area contributed by atoms with Gasteiger partial charge in [0.25, 0.3) is 0 Å². The van der Waals surface area contributed by atoms with Gasteiger partial charge < -0.3 is 9.90 Å². The van der Waals surface area contributed by atoms with E-state index in [1.54, 1.807) is 0 Å². The highest BCUT2D eigenvalue weighted by atomic mass is 16.3. The van der Waals surface area contributed by atoms with Gasteiger partial charge in [-0.15, -0.1) is 0 Å². The Morgan fingerprint density at radius 2 is 1.86 bits per heavy atom. The Bertz CT molecular complexity index is 474. The molecule has 2 bridgehead atoms. The van der Waals surface area contributed by atoms with Gasteiger partial charge in [0.2, 0.25) is 0 Å². The minimum atomic E-state index is -0.0829. The summed E-state index contributed by atoms with van der Waals surface area (Å²) in [5, 5.41) is 9.77. The first kappa shape index (κ1) is 15.2. The van der Waals surface area contributed by atoms with Crippen molar-refractivity contribution in [3.63, 3.8) is 0 Å². The molecule has 0 aromatic carbocycles. The van der Waals surface area contributed by atoms with Crippen LogP contribution in [0, 0.1) is 39.9 Å². The van der Waals surface area contributed by atoms with Gasteiger partial charge in [0.1, 0.15) is 6.29 Å². The van der Waals surface area contributed by atoms with Gasteiger partial charge in [-0.25, -0.2) is 0 Å². The summed E-state index contributed by atoms with van der Waals surface area (Å²) in [4.78, 5) is 11.9. The minimum absolute atomic E-state index is 0.0829. The van der Waals surface area contributed by atoms with Crippen molar-refractivity contribution in [3.8, 4) is 0 Å². The number of aliphatic hydroxyl groups is 1.